The number of amides is 1. The van der Waals surface area contributed by atoms with E-state index in [1.807, 2.05) is 0 Å². The van der Waals surface area contributed by atoms with Crippen molar-refractivity contribution in [2.45, 2.75) is 46.1 Å². The van der Waals surface area contributed by atoms with Crippen LogP contribution in [0.3, 0.4) is 0 Å². The average molecular weight is 224 g/mol. The number of hydrogen-bond donors (Lipinski definition) is 1. The second kappa shape index (κ2) is 4.36. The summed E-state index contributed by atoms with van der Waals surface area (Å²) in [7, 11) is 0. The van der Waals surface area contributed by atoms with Gasteiger partial charge in [0.1, 0.15) is 0 Å². The lowest BCUT2D eigenvalue weighted by molar-refractivity contribution is -0.136. The molecule has 2 fully saturated rings. The Morgan fingerprint density at radius 1 is 1.44 bits per heavy atom. The lowest BCUT2D eigenvalue weighted by Crippen LogP contribution is -2.47. The fourth-order valence-electron chi connectivity index (χ4n) is 2.92. The molecule has 2 heterocycles. The van der Waals surface area contributed by atoms with Crippen molar-refractivity contribution in [3.8, 4) is 0 Å². The molecule has 2 aliphatic heterocycles. The lowest BCUT2D eigenvalue weighted by atomic mass is 9.90. The van der Waals surface area contributed by atoms with Crippen LogP contribution in [0.1, 0.15) is 40.0 Å². The summed E-state index contributed by atoms with van der Waals surface area (Å²) in [5.74, 6) is 0.591. The quantitative estimate of drug-likeness (QED) is 0.734. The van der Waals surface area contributed by atoms with Gasteiger partial charge >= 0.3 is 0 Å². The monoisotopic (exact) mass is 224 g/mol. The van der Waals surface area contributed by atoms with Crippen LogP contribution in [0.25, 0.3) is 0 Å². The van der Waals surface area contributed by atoms with Gasteiger partial charge in [0.15, 0.2) is 0 Å². The van der Waals surface area contributed by atoms with Crippen molar-refractivity contribution in [1.29, 1.82) is 0 Å². The minimum atomic E-state index is 0.211. The van der Waals surface area contributed by atoms with Gasteiger partial charge in [-0.3, -0.25) is 4.79 Å². The van der Waals surface area contributed by atoms with E-state index in [0.29, 0.717) is 17.4 Å². The lowest BCUT2D eigenvalue weighted by Gasteiger charge is -2.32. The zero-order valence-corrected chi connectivity index (χ0v) is 10.8. The first kappa shape index (κ1) is 11.9. The maximum absolute atomic E-state index is 12.4. The van der Waals surface area contributed by atoms with Crippen LogP contribution >= 0.6 is 0 Å². The van der Waals surface area contributed by atoms with Crippen LogP contribution in [0.15, 0.2) is 0 Å². The highest BCUT2D eigenvalue weighted by molar-refractivity contribution is 5.80. The molecule has 1 N–H and O–H groups in total. The number of rotatable bonds is 1. The van der Waals surface area contributed by atoms with Gasteiger partial charge in [-0.15, -0.1) is 0 Å². The van der Waals surface area contributed by atoms with E-state index < -0.39 is 0 Å². The SMILES string of the molecule is CC1NCCCC1C(=O)N1CCC(C)(C)C1. The Hall–Kier alpha value is -0.570. The van der Waals surface area contributed by atoms with E-state index in [4.69, 9.17) is 0 Å². The van der Waals surface area contributed by atoms with Crippen LogP contribution in [0.5, 0.6) is 0 Å². The Morgan fingerprint density at radius 2 is 2.19 bits per heavy atom. The molecular weight excluding hydrogens is 200 g/mol. The number of carbonyl (C=O) groups is 1. The van der Waals surface area contributed by atoms with E-state index in [1.54, 1.807) is 0 Å². The second-order valence-corrected chi connectivity index (χ2v) is 6.17. The molecule has 3 nitrogen and oxygen atoms in total. The van der Waals surface area contributed by atoms with Crippen LogP contribution in [0.2, 0.25) is 0 Å². The first-order chi connectivity index (χ1) is 7.49. The van der Waals surface area contributed by atoms with Crippen molar-refractivity contribution >= 4 is 5.91 Å². The predicted octanol–water partition coefficient (Wildman–Crippen LogP) is 1.63. The topological polar surface area (TPSA) is 32.3 Å². The van der Waals surface area contributed by atoms with Crippen molar-refractivity contribution in [3.63, 3.8) is 0 Å². The Morgan fingerprint density at radius 3 is 2.75 bits per heavy atom. The number of likely N-dealkylation sites (tertiary alicyclic amines) is 1. The van der Waals surface area contributed by atoms with Crippen molar-refractivity contribution < 1.29 is 4.79 Å². The van der Waals surface area contributed by atoms with Gasteiger partial charge in [-0.25, -0.2) is 0 Å². The highest BCUT2D eigenvalue weighted by Gasteiger charge is 2.37. The zero-order valence-electron chi connectivity index (χ0n) is 10.8. The van der Waals surface area contributed by atoms with Gasteiger partial charge in [0.05, 0.1) is 5.92 Å². The van der Waals surface area contributed by atoms with Gasteiger partial charge in [-0.2, -0.15) is 0 Å². The summed E-state index contributed by atoms with van der Waals surface area (Å²) >= 11 is 0. The van der Waals surface area contributed by atoms with E-state index >= 15 is 0 Å². The van der Waals surface area contributed by atoms with Crippen molar-refractivity contribution in [2.75, 3.05) is 19.6 Å². The third-order valence-electron chi connectivity index (χ3n) is 4.07. The number of nitrogens with zero attached hydrogens (tertiary/aromatic N) is 1. The molecule has 0 aliphatic carbocycles. The van der Waals surface area contributed by atoms with Gasteiger partial charge < -0.3 is 10.2 Å². The van der Waals surface area contributed by atoms with Crippen molar-refractivity contribution in [2.24, 2.45) is 11.3 Å². The standard InChI is InChI=1S/C13H24N2O/c1-10-11(5-4-7-14-10)12(16)15-8-6-13(2,3)9-15/h10-11,14H,4-9H2,1-3H3. The summed E-state index contributed by atoms with van der Waals surface area (Å²) in [5, 5.41) is 3.41. The molecule has 0 bridgehead atoms. The Bertz CT molecular complexity index is 275. The number of nitrogens with one attached hydrogen (secondary N) is 1. The smallest absolute Gasteiger partial charge is 0.227 e. The molecule has 0 aromatic carbocycles. The van der Waals surface area contributed by atoms with E-state index in [2.05, 4.69) is 31.0 Å². The molecule has 92 valence electrons. The van der Waals surface area contributed by atoms with Gasteiger partial charge in [0.25, 0.3) is 0 Å². The van der Waals surface area contributed by atoms with Crippen LogP contribution in [-0.2, 0) is 4.79 Å². The fraction of sp³-hybridized carbons (Fsp3) is 0.923. The minimum absolute atomic E-state index is 0.211. The van der Waals surface area contributed by atoms with Crippen molar-refractivity contribution in [1.82, 2.24) is 10.2 Å². The number of carbonyl (C=O) groups excluding carboxylic acids is 1. The third-order valence-corrected chi connectivity index (χ3v) is 4.07. The van der Waals surface area contributed by atoms with Gasteiger partial charge in [-0.1, -0.05) is 13.8 Å². The molecular formula is C13H24N2O. The zero-order chi connectivity index (χ0) is 11.8. The number of piperidine rings is 1. The molecule has 3 heteroatoms. The second-order valence-electron chi connectivity index (χ2n) is 6.17. The van der Waals surface area contributed by atoms with E-state index in [9.17, 15) is 4.79 Å². The normalized spacial score (nSPS) is 34.1. The summed E-state index contributed by atoms with van der Waals surface area (Å²) in [6.45, 7) is 9.61. The van der Waals surface area contributed by atoms with Crippen LogP contribution in [0.4, 0.5) is 0 Å². The van der Waals surface area contributed by atoms with E-state index in [0.717, 1.165) is 38.9 Å². The summed E-state index contributed by atoms with van der Waals surface area (Å²) < 4.78 is 0. The molecule has 0 saturated carbocycles. The summed E-state index contributed by atoms with van der Waals surface area (Å²) in [6, 6.07) is 0.352. The van der Waals surface area contributed by atoms with Crippen molar-refractivity contribution in [3.05, 3.63) is 0 Å². The van der Waals surface area contributed by atoms with Crippen LogP contribution < -0.4 is 5.32 Å². The fourth-order valence-corrected chi connectivity index (χ4v) is 2.92. The largest absolute Gasteiger partial charge is 0.342 e. The van der Waals surface area contributed by atoms with Gasteiger partial charge in [0, 0.05) is 19.1 Å². The molecule has 2 atom stereocenters. The van der Waals surface area contributed by atoms with Gasteiger partial charge in [-0.05, 0) is 38.1 Å². The first-order valence-corrected chi connectivity index (χ1v) is 6.52. The summed E-state index contributed by atoms with van der Waals surface area (Å²) in [4.78, 5) is 14.5. The highest BCUT2D eigenvalue weighted by Crippen LogP contribution is 2.31. The molecule has 0 radical (unpaired) electrons. The highest BCUT2D eigenvalue weighted by atomic mass is 16.2. The maximum Gasteiger partial charge on any atom is 0.227 e. The Labute approximate surface area is 98.6 Å². The molecule has 2 aliphatic rings. The van der Waals surface area contributed by atoms with E-state index in [-0.39, 0.29) is 5.92 Å². The Kier molecular flexibility index (Phi) is 3.24. The molecule has 1 amide bonds. The van der Waals surface area contributed by atoms with E-state index in [1.165, 1.54) is 0 Å². The molecule has 0 aromatic rings. The molecule has 2 rings (SSSR count). The molecule has 0 spiro atoms. The average Bonchev–Trinajstić information content (AvgIpc) is 2.59. The molecule has 0 aromatic heterocycles. The van der Waals surface area contributed by atoms with Gasteiger partial charge in [0.2, 0.25) is 5.91 Å². The van der Waals surface area contributed by atoms with Crippen LogP contribution in [0, 0.1) is 11.3 Å². The third kappa shape index (κ3) is 2.40. The van der Waals surface area contributed by atoms with Crippen LogP contribution in [-0.4, -0.2) is 36.5 Å². The molecule has 2 saturated heterocycles. The minimum Gasteiger partial charge on any atom is -0.342 e. The summed E-state index contributed by atoms with van der Waals surface area (Å²) in [6.07, 6.45) is 3.34. The summed E-state index contributed by atoms with van der Waals surface area (Å²) in [5.41, 5.74) is 0.320. The molecule has 2 unspecified atom stereocenters. The maximum atomic E-state index is 12.4. The molecule has 16 heavy (non-hydrogen) atoms. The first-order valence-electron chi connectivity index (χ1n) is 6.52. The predicted molar refractivity (Wildman–Crippen MR) is 65.2 cm³/mol. The number of hydrogen-bond acceptors (Lipinski definition) is 2. The Balaban J connectivity index is 1.97.